The maximum absolute atomic E-state index is 11.3. The van der Waals surface area contributed by atoms with Gasteiger partial charge in [0.25, 0.3) is 0 Å². The molecule has 0 saturated heterocycles. The molecule has 2 aromatic heterocycles. The lowest BCUT2D eigenvalue weighted by Gasteiger charge is -2.05. The highest BCUT2D eigenvalue weighted by Gasteiger charge is 2.16. The van der Waals surface area contributed by atoms with Crippen molar-refractivity contribution in [2.24, 2.45) is 12.2 Å². The molecule has 7 nitrogen and oxygen atoms in total. The molecular weight excluding hydrogens is 384 g/mol. The normalized spacial score (nSPS) is 11.7. The van der Waals surface area contributed by atoms with E-state index in [1.165, 1.54) is 16.1 Å². The lowest BCUT2D eigenvalue weighted by Crippen LogP contribution is -2.11. The summed E-state index contributed by atoms with van der Waals surface area (Å²) < 4.78 is 6.92. The van der Waals surface area contributed by atoms with Gasteiger partial charge in [0.05, 0.1) is 5.69 Å². The topological polar surface area (TPSA) is 82.5 Å². The number of thiazole rings is 1. The first kappa shape index (κ1) is 15.6. The van der Waals surface area contributed by atoms with Crippen LogP contribution >= 0.6 is 27.3 Å². The van der Waals surface area contributed by atoms with Gasteiger partial charge in [0.15, 0.2) is 22.1 Å². The van der Waals surface area contributed by atoms with Crippen LogP contribution in [-0.4, -0.2) is 20.4 Å². The number of aromatic nitrogens is 3. The van der Waals surface area contributed by atoms with Gasteiger partial charge in [0.1, 0.15) is 0 Å². The molecule has 0 aliphatic carbocycles. The number of aryl methyl sites for hydroxylation is 1. The summed E-state index contributed by atoms with van der Waals surface area (Å²) in [4.78, 5) is 24.8. The number of nitrogens with zero attached hydrogens (tertiary/aromatic N) is 4. The lowest BCUT2D eigenvalue weighted by molar-refractivity contribution is 0.128. The minimum Gasteiger partial charge on any atom is -0.389 e. The van der Waals surface area contributed by atoms with Crippen LogP contribution in [0.3, 0.4) is 0 Å². The molecule has 1 aromatic carbocycles. The van der Waals surface area contributed by atoms with Gasteiger partial charge in [-0.1, -0.05) is 35.5 Å². The Bertz CT molecular complexity index is 885. The van der Waals surface area contributed by atoms with E-state index in [0.29, 0.717) is 11.5 Å². The highest BCUT2D eigenvalue weighted by molar-refractivity contribution is 9.11. The molecule has 23 heavy (non-hydrogen) atoms. The quantitative estimate of drug-likeness (QED) is 0.490. The second kappa shape index (κ2) is 6.88. The van der Waals surface area contributed by atoms with Crippen molar-refractivity contribution in [2.75, 3.05) is 0 Å². The van der Waals surface area contributed by atoms with Crippen LogP contribution in [0.5, 0.6) is 0 Å². The Morgan fingerprint density at radius 3 is 2.78 bits per heavy atom. The first-order chi connectivity index (χ1) is 11.1. The molecule has 0 amide bonds. The molecular formula is C14H11BrN4O3S. The largest absolute Gasteiger partial charge is 0.460 e. The van der Waals surface area contributed by atoms with E-state index < -0.39 is 5.76 Å². The Labute approximate surface area is 143 Å². The summed E-state index contributed by atoms with van der Waals surface area (Å²) in [5.41, 5.74) is 1.93. The molecule has 9 heteroatoms. The fraction of sp³-hybridized carbons (Fsp3) is 0.143. The molecule has 0 aliphatic heterocycles. The summed E-state index contributed by atoms with van der Waals surface area (Å²) in [6, 6.07) is 9.30. The van der Waals surface area contributed by atoms with Crippen LogP contribution in [0.15, 0.2) is 54.1 Å². The van der Waals surface area contributed by atoms with Gasteiger partial charge in [-0.05, 0) is 15.9 Å². The molecule has 0 radical (unpaired) electrons. The minimum absolute atomic E-state index is 0.213. The molecule has 0 saturated carbocycles. The Morgan fingerprint density at radius 1 is 1.39 bits per heavy atom. The number of rotatable bonds is 5. The van der Waals surface area contributed by atoms with Crippen molar-refractivity contribution < 1.29 is 9.36 Å². The van der Waals surface area contributed by atoms with Crippen LogP contribution in [0.4, 0.5) is 0 Å². The average molecular weight is 395 g/mol. The van der Waals surface area contributed by atoms with Gasteiger partial charge in [-0.15, -0.1) is 11.3 Å². The van der Waals surface area contributed by atoms with Crippen molar-refractivity contribution in [3.8, 4) is 0 Å². The molecule has 0 atom stereocenters. The van der Waals surface area contributed by atoms with E-state index in [-0.39, 0.29) is 6.61 Å². The van der Waals surface area contributed by atoms with Crippen molar-refractivity contribution in [1.82, 2.24) is 14.7 Å². The molecule has 3 aromatic rings. The zero-order valence-electron chi connectivity index (χ0n) is 12.0. The van der Waals surface area contributed by atoms with Crippen molar-refractivity contribution in [3.05, 3.63) is 67.3 Å². The zero-order valence-corrected chi connectivity index (χ0v) is 14.4. The fourth-order valence-corrected chi connectivity index (χ4v) is 2.90. The van der Waals surface area contributed by atoms with E-state index in [2.05, 4.69) is 31.1 Å². The van der Waals surface area contributed by atoms with E-state index in [0.717, 1.165) is 15.2 Å². The van der Waals surface area contributed by atoms with E-state index in [4.69, 9.17) is 9.36 Å². The molecule has 2 heterocycles. The number of benzene rings is 1. The van der Waals surface area contributed by atoms with Crippen LogP contribution in [0.2, 0.25) is 0 Å². The first-order valence-corrected chi connectivity index (χ1v) is 8.21. The predicted octanol–water partition coefficient (Wildman–Crippen LogP) is 2.56. The summed E-state index contributed by atoms with van der Waals surface area (Å²) in [6.07, 6.45) is 0. The third kappa shape index (κ3) is 3.74. The maximum Gasteiger partial charge on any atom is 0.460 e. The predicted molar refractivity (Wildman–Crippen MR) is 88.4 cm³/mol. The highest BCUT2D eigenvalue weighted by atomic mass is 79.9. The minimum atomic E-state index is -0.686. The molecule has 0 N–H and O–H groups in total. The smallest absolute Gasteiger partial charge is 0.389 e. The van der Waals surface area contributed by atoms with E-state index >= 15 is 0 Å². The summed E-state index contributed by atoms with van der Waals surface area (Å²) in [6.45, 7) is 0.213. The molecule has 0 unspecified atom stereocenters. The Balaban J connectivity index is 1.90. The lowest BCUT2D eigenvalue weighted by atomic mass is 10.1. The number of halogens is 1. The fourth-order valence-electron chi connectivity index (χ4n) is 1.87. The maximum atomic E-state index is 11.3. The summed E-state index contributed by atoms with van der Waals surface area (Å²) in [7, 11) is 1.58. The van der Waals surface area contributed by atoms with Gasteiger partial charge in [-0.2, -0.15) is 9.72 Å². The molecule has 0 spiro atoms. The van der Waals surface area contributed by atoms with Crippen LogP contribution in [0, 0.1) is 0 Å². The van der Waals surface area contributed by atoms with Crippen molar-refractivity contribution in [3.63, 3.8) is 0 Å². The molecule has 3 rings (SSSR count). The standard InChI is InChI=1S/C14H11BrN4O3S/c1-19-12(17-14(20)22-19)11(9-5-3-2-4-6-9)18-21-7-10-8-23-13(15)16-10/h2-6,8H,7H2,1H3/b18-11+. The third-order valence-corrected chi connectivity index (χ3v) is 4.28. The van der Waals surface area contributed by atoms with E-state index in [1.807, 2.05) is 35.7 Å². The first-order valence-electron chi connectivity index (χ1n) is 6.53. The molecule has 0 bridgehead atoms. The Hall–Kier alpha value is -2.26. The molecule has 118 valence electrons. The van der Waals surface area contributed by atoms with Gasteiger partial charge in [0.2, 0.25) is 0 Å². The van der Waals surface area contributed by atoms with Gasteiger partial charge in [0, 0.05) is 18.0 Å². The molecule has 0 aliphatic rings. The average Bonchev–Trinajstić information content (AvgIpc) is 3.10. The molecule has 0 fully saturated rings. The van der Waals surface area contributed by atoms with E-state index in [1.54, 1.807) is 7.05 Å². The van der Waals surface area contributed by atoms with Gasteiger partial charge in [-0.3, -0.25) is 0 Å². The monoisotopic (exact) mass is 394 g/mol. The highest BCUT2D eigenvalue weighted by Crippen LogP contribution is 2.17. The van der Waals surface area contributed by atoms with Gasteiger partial charge >= 0.3 is 5.76 Å². The Morgan fingerprint density at radius 2 is 2.17 bits per heavy atom. The second-order valence-electron chi connectivity index (χ2n) is 4.46. The summed E-state index contributed by atoms with van der Waals surface area (Å²) >= 11 is 4.76. The zero-order chi connectivity index (χ0) is 16.2. The summed E-state index contributed by atoms with van der Waals surface area (Å²) in [5.74, 6) is -0.393. The van der Waals surface area contributed by atoms with Crippen LogP contribution in [-0.2, 0) is 18.5 Å². The van der Waals surface area contributed by atoms with Gasteiger partial charge < -0.3 is 9.36 Å². The Kier molecular flexibility index (Phi) is 4.68. The van der Waals surface area contributed by atoms with Crippen molar-refractivity contribution in [2.45, 2.75) is 6.61 Å². The summed E-state index contributed by atoms with van der Waals surface area (Å²) in [5, 5.41) is 6.00. The van der Waals surface area contributed by atoms with Crippen LogP contribution in [0.1, 0.15) is 17.1 Å². The van der Waals surface area contributed by atoms with Gasteiger partial charge in [-0.25, -0.2) is 9.78 Å². The second-order valence-corrected chi connectivity index (χ2v) is 6.60. The SMILES string of the molecule is Cn1oc(=O)nc1/C(=N/OCc1csc(Br)n1)c1ccccc1. The number of hydrogen-bond acceptors (Lipinski definition) is 7. The van der Waals surface area contributed by atoms with Crippen molar-refractivity contribution >= 4 is 33.0 Å². The number of oxime groups is 1. The van der Waals surface area contributed by atoms with Crippen LogP contribution in [0.25, 0.3) is 0 Å². The third-order valence-electron chi connectivity index (χ3n) is 2.86. The van der Waals surface area contributed by atoms with Crippen LogP contribution < -0.4 is 5.76 Å². The number of hydrogen-bond donors (Lipinski definition) is 0. The van der Waals surface area contributed by atoms with E-state index in [9.17, 15) is 4.79 Å². The van der Waals surface area contributed by atoms with Crippen molar-refractivity contribution in [1.29, 1.82) is 0 Å².